The number of carbonyl (C=O) groups excluding carboxylic acids is 2. The van der Waals surface area contributed by atoms with Crippen molar-refractivity contribution in [3.05, 3.63) is 30.1 Å². The number of hydrogen-bond acceptors (Lipinski definition) is 4. The molecule has 0 radical (unpaired) electrons. The second-order valence-corrected chi connectivity index (χ2v) is 10.9. The van der Waals surface area contributed by atoms with E-state index in [9.17, 15) is 22.4 Å². The maximum Gasteiger partial charge on any atom is 0.247 e. The minimum atomic E-state index is -3.67. The Morgan fingerprint density at radius 2 is 1.71 bits per heavy atom. The summed E-state index contributed by atoms with van der Waals surface area (Å²) in [5, 5.41) is 3.09. The van der Waals surface area contributed by atoms with Crippen LogP contribution in [0.1, 0.15) is 58.8 Å². The molecular weight excluding hydrogens is 421 g/mol. The Balaban J connectivity index is 1.94. The quantitative estimate of drug-likeness (QED) is 0.743. The van der Waals surface area contributed by atoms with Crippen molar-refractivity contribution in [3.8, 4) is 0 Å². The lowest BCUT2D eigenvalue weighted by Crippen LogP contribution is -2.71. The highest BCUT2D eigenvalue weighted by atomic mass is 32.2. The lowest BCUT2D eigenvalue weighted by Gasteiger charge is -2.47. The van der Waals surface area contributed by atoms with E-state index in [2.05, 4.69) is 5.32 Å². The number of benzene rings is 1. The minimum absolute atomic E-state index is 0.00652. The molecule has 2 fully saturated rings. The van der Waals surface area contributed by atoms with Crippen molar-refractivity contribution >= 4 is 27.5 Å². The largest absolute Gasteiger partial charge is 0.351 e. The van der Waals surface area contributed by atoms with E-state index in [0.717, 1.165) is 42.8 Å². The van der Waals surface area contributed by atoms with Gasteiger partial charge in [-0.2, -0.15) is 4.31 Å². The number of amides is 2. The summed E-state index contributed by atoms with van der Waals surface area (Å²) in [6, 6.07) is 5.33. The molecule has 1 N–H and O–H groups in total. The monoisotopic (exact) mass is 453 g/mol. The molecule has 1 saturated heterocycles. The van der Waals surface area contributed by atoms with Crippen LogP contribution in [0.5, 0.6) is 0 Å². The average Bonchev–Trinajstić information content (AvgIpc) is 2.70. The summed E-state index contributed by atoms with van der Waals surface area (Å²) >= 11 is 0. The summed E-state index contributed by atoms with van der Waals surface area (Å²) in [5.41, 5.74) is -1.08. The minimum Gasteiger partial charge on any atom is -0.351 e. The van der Waals surface area contributed by atoms with Gasteiger partial charge in [0.05, 0.1) is 12.3 Å². The molecule has 1 heterocycles. The fourth-order valence-corrected chi connectivity index (χ4v) is 5.60. The lowest BCUT2D eigenvalue weighted by atomic mass is 9.92. The van der Waals surface area contributed by atoms with Crippen LogP contribution >= 0.6 is 0 Å². The van der Waals surface area contributed by atoms with Crippen LogP contribution in [0.3, 0.4) is 0 Å². The second-order valence-electron chi connectivity index (χ2n) is 8.66. The molecular formula is C22H32FN3O4S. The molecule has 172 valence electrons. The Morgan fingerprint density at radius 1 is 1.13 bits per heavy atom. The highest BCUT2D eigenvalue weighted by Crippen LogP contribution is 2.31. The third kappa shape index (κ3) is 5.26. The van der Waals surface area contributed by atoms with Gasteiger partial charge in [0, 0.05) is 18.3 Å². The molecule has 1 aromatic carbocycles. The zero-order valence-electron chi connectivity index (χ0n) is 18.3. The van der Waals surface area contributed by atoms with E-state index in [1.54, 1.807) is 6.92 Å². The highest BCUT2D eigenvalue weighted by molar-refractivity contribution is 7.89. The van der Waals surface area contributed by atoms with Crippen LogP contribution in [-0.2, 0) is 19.6 Å². The molecule has 31 heavy (non-hydrogen) atoms. The number of nitrogens with one attached hydrogen (secondary N) is 1. The zero-order valence-corrected chi connectivity index (χ0v) is 19.1. The van der Waals surface area contributed by atoms with Crippen molar-refractivity contribution in [3.63, 3.8) is 0 Å². The predicted molar refractivity (Wildman–Crippen MR) is 118 cm³/mol. The summed E-state index contributed by atoms with van der Waals surface area (Å²) in [6.07, 6.45) is 7.25. The van der Waals surface area contributed by atoms with E-state index in [-0.39, 0.29) is 30.8 Å². The van der Waals surface area contributed by atoms with Gasteiger partial charge in [-0.3, -0.25) is 14.5 Å². The first kappa shape index (κ1) is 23.7. The van der Waals surface area contributed by atoms with Crippen LogP contribution in [0.2, 0.25) is 0 Å². The molecule has 9 heteroatoms. The number of sulfonamides is 1. The van der Waals surface area contributed by atoms with Gasteiger partial charge in [-0.25, -0.2) is 12.8 Å². The zero-order chi connectivity index (χ0) is 22.6. The first-order valence-corrected chi connectivity index (χ1v) is 12.7. The molecule has 1 saturated carbocycles. The number of anilines is 1. The van der Waals surface area contributed by atoms with E-state index in [4.69, 9.17) is 0 Å². The lowest BCUT2D eigenvalue weighted by molar-refractivity contribution is -0.133. The molecule has 3 rings (SSSR count). The Hall–Kier alpha value is -2.00. The van der Waals surface area contributed by atoms with Gasteiger partial charge in [0.25, 0.3) is 0 Å². The van der Waals surface area contributed by atoms with Crippen molar-refractivity contribution in [1.82, 2.24) is 9.62 Å². The number of halogens is 1. The topological polar surface area (TPSA) is 86.8 Å². The molecule has 0 bridgehead atoms. The van der Waals surface area contributed by atoms with Gasteiger partial charge in [-0.05, 0) is 51.0 Å². The van der Waals surface area contributed by atoms with E-state index in [1.807, 2.05) is 0 Å². The van der Waals surface area contributed by atoms with Crippen molar-refractivity contribution < 1.29 is 22.4 Å². The third-order valence-electron chi connectivity index (χ3n) is 6.31. The summed E-state index contributed by atoms with van der Waals surface area (Å²) in [7, 11) is -3.67. The Labute approximate surface area is 184 Å². The average molecular weight is 454 g/mol. The molecule has 2 amide bonds. The normalized spacial score (nSPS) is 24.5. The standard InChI is InChI=1S/C22H32FN3O4S/c1-3-31(29,30)25-15-20(27)26(19-13-11-17(23)12-14-19)22(2,16-25)21(28)24-18-9-7-5-4-6-8-10-18/h11-14,18H,3-10,15-16H2,1-2H3,(H,24,28)/t22-/m0/s1. The molecule has 0 aromatic heterocycles. The summed E-state index contributed by atoms with van der Waals surface area (Å²) in [5.74, 6) is -1.50. The number of hydrogen-bond donors (Lipinski definition) is 1. The van der Waals surface area contributed by atoms with Crippen molar-refractivity contribution in [2.75, 3.05) is 23.7 Å². The number of nitrogens with zero attached hydrogens (tertiary/aromatic N) is 2. The van der Waals surface area contributed by atoms with Crippen LogP contribution < -0.4 is 10.2 Å². The van der Waals surface area contributed by atoms with Gasteiger partial charge < -0.3 is 5.32 Å². The molecule has 1 aromatic rings. The maximum absolute atomic E-state index is 13.5. The molecule has 7 nitrogen and oxygen atoms in total. The Morgan fingerprint density at radius 3 is 2.29 bits per heavy atom. The molecule has 1 atom stereocenters. The number of piperazine rings is 1. The van der Waals surface area contributed by atoms with Gasteiger partial charge in [-0.1, -0.05) is 32.1 Å². The summed E-state index contributed by atoms with van der Waals surface area (Å²) in [4.78, 5) is 28.0. The predicted octanol–water partition coefficient (Wildman–Crippen LogP) is 2.81. The van der Waals surface area contributed by atoms with Crippen molar-refractivity contribution in [2.24, 2.45) is 0 Å². The van der Waals surface area contributed by atoms with Crippen LogP contribution in [0.4, 0.5) is 10.1 Å². The SMILES string of the molecule is CCS(=O)(=O)N1CC(=O)N(c2ccc(F)cc2)[C@](C)(C(=O)NC2CCCCCCC2)C1. The number of carbonyl (C=O) groups is 2. The van der Waals surface area contributed by atoms with Gasteiger partial charge in [0.2, 0.25) is 21.8 Å². The first-order chi connectivity index (χ1) is 14.7. The van der Waals surface area contributed by atoms with Crippen molar-refractivity contribution in [1.29, 1.82) is 0 Å². The third-order valence-corrected chi connectivity index (χ3v) is 8.09. The van der Waals surface area contributed by atoms with E-state index in [0.29, 0.717) is 5.69 Å². The molecule has 1 aliphatic heterocycles. The van der Waals surface area contributed by atoms with E-state index in [1.165, 1.54) is 42.5 Å². The first-order valence-electron chi connectivity index (χ1n) is 11.0. The Kier molecular flexibility index (Phi) is 7.36. The molecule has 0 spiro atoms. The van der Waals surface area contributed by atoms with Gasteiger partial charge in [0.1, 0.15) is 11.4 Å². The Bertz CT molecular complexity index is 898. The molecule has 1 aliphatic carbocycles. The van der Waals surface area contributed by atoms with Gasteiger partial charge in [0.15, 0.2) is 0 Å². The second kappa shape index (κ2) is 9.65. The van der Waals surface area contributed by atoms with Crippen molar-refractivity contribution in [2.45, 2.75) is 70.4 Å². The molecule has 0 unspecified atom stereocenters. The van der Waals surface area contributed by atoms with Crippen LogP contribution in [0.25, 0.3) is 0 Å². The van der Waals surface area contributed by atoms with Crippen LogP contribution in [-0.4, -0.2) is 55.0 Å². The fourth-order valence-electron chi connectivity index (χ4n) is 4.48. The molecule has 2 aliphatic rings. The van der Waals surface area contributed by atoms with Gasteiger partial charge >= 0.3 is 0 Å². The maximum atomic E-state index is 13.5. The number of rotatable bonds is 5. The van der Waals surface area contributed by atoms with Crippen LogP contribution in [0.15, 0.2) is 24.3 Å². The van der Waals surface area contributed by atoms with Gasteiger partial charge in [-0.15, -0.1) is 0 Å². The van der Waals surface area contributed by atoms with E-state index >= 15 is 0 Å². The van der Waals surface area contributed by atoms with E-state index < -0.39 is 27.3 Å². The summed E-state index contributed by atoms with van der Waals surface area (Å²) < 4.78 is 39.7. The smallest absolute Gasteiger partial charge is 0.247 e. The highest BCUT2D eigenvalue weighted by Gasteiger charge is 2.50. The van der Waals surface area contributed by atoms with Crippen LogP contribution in [0, 0.1) is 5.82 Å². The summed E-state index contributed by atoms with van der Waals surface area (Å²) in [6.45, 7) is 2.60. The fraction of sp³-hybridized carbons (Fsp3) is 0.636.